The van der Waals surface area contributed by atoms with Gasteiger partial charge in [0.1, 0.15) is 0 Å². The van der Waals surface area contributed by atoms with Gasteiger partial charge in [-0.2, -0.15) is 0 Å². The smallest absolute Gasteiger partial charge is 0.0803 e. The van der Waals surface area contributed by atoms with Gasteiger partial charge in [0.25, 0.3) is 0 Å². The van der Waals surface area contributed by atoms with Crippen LogP contribution in [0.1, 0.15) is 95.2 Å². The summed E-state index contributed by atoms with van der Waals surface area (Å²) in [7, 11) is 0. The molecule has 0 amide bonds. The monoisotopic (exact) mass is 311 g/mol. The number of hydrogen-bond acceptors (Lipinski definition) is 4. The van der Waals surface area contributed by atoms with Crippen LogP contribution in [0.15, 0.2) is 0 Å². The van der Waals surface area contributed by atoms with Crippen LogP contribution >= 0.6 is 11.5 Å². The van der Waals surface area contributed by atoms with E-state index in [0.717, 1.165) is 19.4 Å². The number of nitrogens with one attached hydrogen (secondary N) is 1. The van der Waals surface area contributed by atoms with Gasteiger partial charge in [-0.15, -0.1) is 5.10 Å². The van der Waals surface area contributed by atoms with Crippen molar-refractivity contribution in [1.82, 2.24) is 14.9 Å². The van der Waals surface area contributed by atoms with Crippen LogP contribution in [0.2, 0.25) is 0 Å². The highest BCUT2D eigenvalue weighted by atomic mass is 32.1. The summed E-state index contributed by atoms with van der Waals surface area (Å²) < 4.78 is 4.19. The van der Waals surface area contributed by atoms with Crippen molar-refractivity contribution in [2.45, 2.75) is 91.0 Å². The van der Waals surface area contributed by atoms with Gasteiger partial charge >= 0.3 is 0 Å². The van der Waals surface area contributed by atoms with E-state index in [9.17, 15) is 0 Å². The van der Waals surface area contributed by atoms with Crippen LogP contribution < -0.4 is 5.32 Å². The third-order valence-corrected chi connectivity index (χ3v) is 4.76. The number of nitrogens with zero attached hydrogens (tertiary/aromatic N) is 2. The Labute approximate surface area is 135 Å². The topological polar surface area (TPSA) is 37.8 Å². The van der Waals surface area contributed by atoms with Crippen LogP contribution in [0.25, 0.3) is 0 Å². The number of aromatic nitrogens is 2. The Morgan fingerprint density at radius 2 is 1.71 bits per heavy atom. The van der Waals surface area contributed by atoms with E-state index >= 15 is 0 Å². The van der Waals surface area contributed by atoms with Crippen molar-refractivity contribution in [3.05, 3.63) is 10.6 Å². The summed E-state index contributed by atoms with van der Waals surface area (Å²) in [5, 5.41) is 8.04. The average Bonchev–Trinajstić information content (AvgIpc) is 2.94. The minimum absolute atomic E-state index is 0.470. The van der Waals surface area contributed by atoms with E-state index in [1.807, 2.05) is 0 Å². The molecule has 0 radical (unpaired) electrons. The van der Waals surface area contributed by atoms with Gasteiger partial charge in [-0.3, -0.25) is 0 Å². The van der Waals surface area contributed by atoms with E-state index < -0.39 is 0 Å². The second kappa shape index (κ2) is 12.1. The summed E-state index contributed by atoms with van der Waals surface area (Å²) in [6, 6.07) is 0.470. The van der Waals surface area contributed by atoms with Crippen LogP contribution in [0.3, 0.4) is 0 Å². The summed E-state index contributed by atoms with van der Waals surface area (Å²) >= 11 is 1.60. The average molecular weight is 312 g/mol. The lowest BCUT2D eigenvalue weighted by molar-refractivity contribution is 0.468. The minimum atomic E-state index is 0.470. The second-order valence-electron chi connectivity index (χ2n) is 5.90. The molecule has 1 heterocycles. The van der Waals surface area contributed by atoms with Crippen molar-refractivity contribution in [2.24, 2.45) is 0 Å². The van der Waals surface area contributed by atoms with E-state index in [4.69, 9.17) is 0 Å². The highest BCUT2D eigenvalue weighted by Crippen LogP contribution is 2.26. The Morgan fingerprint density at radius 1 is 0.952 bits per heavy atom. The number of rotatable bonds is 13. The zero-order valence-corrected chi connectivity index (χ0v) is 15.0. The van der Waals surface area contributed by atoms with Crippen LogP contribution in [0.5, 0.6) is 0 Å². The van der Waals surface area contributed by atoms with Gasteiger partial charge in [-0.25, -0.2) is 0 Å². The zero-order chi connectivity index (χ0) is 15.3. The summed E-state index contributed by atoms with van der Waals surface area (Å²) in [5.74, 6) is 0. The molecule has 21 heavy (non-hydrogen) atoms. The van der Waals surface area contributed by atoms with E-state index in [1.165, 1.54) is 61.9 Å². The third kappa shape index (κ3) is 7.37. The Balaban J connectivity index is 2.45. The molecule has 0 fully saturated rings. The first kappa shape index (κ1) is 18.6. The molecule has 1 unspecified atom stereocenters. The molecule has 1 rings (SSSR count). The van der Waals surface area contributed by atoms with Gasteiger partial charge in [0.2, 0.25) is 0 Å². The first-order valence-electron chi connectivity index (χ1n) is 8.87. The van der Waals surface area contributed by atoms with Crippen LogP contribution in [0, 0.1) is 0 Å². The van der Waals surface area contributed by atoms with Crippen LogP contribution in [0.4, 0.5) is 0 Å². The van der Waals surface area contributed by atoms with Crippen LogP contribution in [-0.2, 0) is 6.42 Å². The molecule has 1 atom stereocenters. The Hall–Kier alpha value is -0.480. The molecule has 0 aliphatic carbocycles. The highest BCUT2D eigenvalue weighted by Gasteiger charge is 2.17. The van der Waals surface area contributed by atoms with Gasteiger partial charge < -0.3 is 5.32 Å². The predicted molar refractivity (Wildman–Crippen MR) is 92.9 cm³/mol. The molecule has 0 spiro atoms. The molecule has 1 aromatic rings. The quantitative estimate of drug-likeness (QED) is 0.503. The molecule has 0 saturated carbocycles. The fourth-order valence-corrected chi connectivity index (χ4v) is 3.47. The molecule has 0 aliphatic rings. The first-order valence-corrected chi connectivity index (χ1v) is 9.65. The fourth-order valence-electron chi connectivity index (χ4n) is 2.66. The lowest BCUT2D eigenvalue weighted by Gasteiger charge is -2.17. The summed E-state index contributed by atoms with van der Waals surface area (Å²) in [4.78, 5) is 1.39. The maximum atomic E-state index is 4.33. The van der Waals surface area contributed by atoms with E-state index in [-0.39, 0.29) is 0 Å². The molecular weight excluding hydrogens is 278 g/mol. The Bertz CT molecular complexity index is 352. The number of hydrogen-bond donors (Lipinski definition) is 1. The van der Waals surface area contributed by atoms with Gasteiger partial charge in [-0.05, 0) is 37.3 Å². The van der Waals surface area contributed by atoms with Crippen molar-refractivity contribution >= 4 is 11.5 Å². The second-order valence-corrected chi connectivity index (χ2v) is 6.68. The van der Waals surface area contributed by atoms with Crippen molar-refractivity contribution in [3.63, 3.8) is 0 Å². The van der Waals surface area contributed by atoms with E-state index in [1.54, 1.807) is 11.5 Å². The van der Waals surface area contributed by atoms with Crippen molar-refractivity contribution < 1.29 is 0 Å². The Morgan fingerprint density at radius 3 is 2.43 bits per heavy atom. The lowest BCUT2D eigenvalue weighted by Crippen LogP contribution is -2.22. The van der Waals surface area contributed by atoms with E-state index in [0.29, 0.717) is 6.04 Å². The van der Waals surface area contributed by atoms with Gasteiger partial charge in [0.05, 0.1) is 10.6 Å². The fraction of sp³-hybridized carbons (Fsp3) is 0.882. The lowest BCUT2D eigenvalue weighted by atomic mass is 10.0. The van der Waals surface area contributed by atoms with Crippen molar-refractivity contribution in [2.75, 3.05) is 6.54 Å². The van der Waals surface area contributed by atoms with Gasteiger partial charge in [-0.1, -0.05) is 70.2 Å². The molecule has 1 aromatic heterocycles. The standard InChI is InChI=1S/C17H33N3S/c1-4-7-8-9-10-11-13-15(18-14-6-3)17-16(12-5-2)19-20-21-17/h15,18H,4-14H2,1-3H3. The van der Waals surface area contributed by atoms with Gasteiger partial charge in [0.15, 0.2) is 0 Å². The zero-order valence-electron chi connectivity index (χ0n) is 14.2. The highest BCUT2D eigenvalue weighted by molar-refractivity contribution is 7.05. The largest absolute Gasteiger partial charge is 0.309 e. The molecule has 0 aliphatic heterocycles. The molecular formula is C17H33N3S. The van der Waals surface area contributed by atoms with Gasteiger partial charge in [0, 0.05) is 6.04 Å². The summed E-state index contributed by atoms with van der Waals surface area (Å²) in [6.07, 6.45) is 12.8. The molecule has 1 N–H and O–H groups in total. The molecule has 122 valence electrons. The summed E-state index contributed by atoms with van der Waals surface area (Å²) in [5.41, 5.74) is 1.22. The molecule has 0 bridgehead atoms. The number of aryl methyl sites for hydroxylation is 1. The number of unbranched alkanes of at least 4 members (excludes halogenated alkanes) is 5. The molecule has 3 nitrogen and oxygen atoms in total. The first-order chi connectivity index (χ1) is 10.3. The van der Waals surface area contributed by atoms with Crippen molar-refractivity contribution in [3.8, 4) is 0 Å². The molecule has 0 aromatic carbocycles. The molecule has 4 heteroatoms. The normalized spacial score (nSPS) is 12.7. The van der Waals surface area contributed by atoms with E-state index in [2.05, 4.69) is 35.7 Å². The third-order valence-electron chi connectivity index (χ3n) is 3.88. The SMILES string of the molecule is CCCCCCCCC(NCCC)c1snnc1CCC. The molecule has 0 saturated heterocycles. The minimum Gasteiger partial charge on any atom is -0.309 e. The van der Waals surface area contributed by atoms with Crippen LogP contribution in [-0.4, -0.2) is 16.1 Å². The summed E-state index contributed by atoms with van der Waals surface area (Å²) in [6.45, 7) is 7.80. The maximum absolute atomic E-state index is 4.33. The maximum Gasteiger partial charge on any atom is 0.0803 e. The van der Waals surface area contributed by atoms with Crippen molar-refractivity contribution in [1.29, 1.82) is 0 Å². The predicted octanol–water partition coefficient (Wildman–Crippen LogP) is 5.28. The Kier molecular flexibility index (Phi) is 10.7.